The monoisotopic (exact) mass is 489 g/mol. The minimum Gasteiger partial charge on any atom is -0.264 e. The summed E-state index contributed by atoms with van der Waals surface area (Å²) in [5, 5.41) is 7.41. The molecule has 0 amide bonds. The van der Waals surface area contributed by atoms with Gasteiger partial charge in [0.1, 0.15) is 0 Å². The van der Waals surface area contributed by atoms with E-state index in [1.54, 1.807) is 0 Å². The third kappa shape index (κ3) is 3.87. The van der Waals surface area contributed by atoms with Crippen molar-refractivity contribution >= 4 is 44.1 Å². The maximum atomic E-state index is 4.57. The molecule has 1 aromatic heterocycles. The van der Waals surface area contributed by atoms with Crippen molar-refractivity contribution in [3.05, 3.63) is 140 Å². The first-order chi connectivity index (χ1) is 18.4. The fourth-order valence-corrected chi connectivity index (χ4v) is 6.51. The first-order valence-corrected chi connectivity index (χ1v) is 13.3. The van der Waals surface area contributed by atoms with Crippen LogP contribution in [0.4, 0.5) is 0 Å². The van der Waals surface area contributed by atoms with Crippen molar-refractivity contribution in [3.8, 4) is 22.3 Å². The van der Waals surface area contributed by atoms with E-state index in [0.29, 0.717) is 0 Å². The van der Waals surface area contributed by atoms with E-state index in [-0.39, 0.29) is 0 Å². The SMILES string of the molecule is c1ccc(-c2ccccc2Sc2c3ccccc3c(-c3ccc4ccccc4c3)c3cnccc23)cc1. The summed E-state index contributed by atoms with van der Waals surface area (Å²) in [6.45, 7) is 0. The molecule has 0 aliphatic rings. The number of aromatic nitrogens is 1. The minimum absolute atomic E-state index is 1.18. The average Bonchev–Trinajstić information content (AvgIpc) is 2.97. The summed E-state index contributed by atoms with van der Waals surface area (Å²) in [4.78, 5) is 7.08. The average molecular weight is 490 g/mol. The van der Waals surface area contributed by atoms with Crippen molar-refractivity contribution < 1.29 is 0 Å². The molecule has 174 valence electrons. The van der Waals surface area contributed by atoms with Gasteiger partial charge in [-0.05, 0) is 67.4 Å². The van der Waals surface area contributed by atoms with E-state index < -0.39 is 0 Å². The molecule has 0 unspecified atom stereocenters. The molecule has 0 fully saturated rings. The van der Waals surface area contributed by atoms with Gasteiger partial charge in [0.05, 0.1) is 0 Å². The first-order valence-electron chi connectivity index (χ1n) is 12.5. The van der Waals surface area contributed by atoms with Crippen LogP contribution in [0.1, 0.15) is 0 Å². The van der Waals surface area contributed by atoms with Gasteiger partial charge < -0.3 is 0 Å². The van der Waals surface area contributed by atoms with Crippen LogP contribution in [0.5, 0.6) is 0 Å². The Kier molecular flexibility index (Phi) is 5.45. The Morgan fingerprint density at radius 2 is 1.19 bits per heavy atom. The summed E-state index contributed by atoms with van der Waals surface area (Å²) in [5.41, 5.74) is 4.94. The standard InChI is InChI=1S/C35H23NS/c1-2-11-25(12-3-1)28-14-8-9-17-33(28)37-35-30-16-7-6-15-29(30)34(32-23-36-21-20-31(32)35)27-19-18-24-10-4-5-13-26(24)22-27/h1-23H. The molecular formula is C35H23NS. The van der Waals surface area contributed by atoms with E-state index in [0.717, 1.165) is 0 Å². The van der Waals surface area contributed by atoms with Crippen LogP contribution in [0.2, 0.25) is 0 Å². The molecule has 0 aliphatic heterocycles. The predicted molar refractivity (Wildman–Crippen MR) is 158 cm³/mol. The van der Waals surface area contributed by atoms with Gasteiger partial charge in [0.15, 0.2) is 0 Å². The van der Waals surface area contributed by atoms with Gasteiger partial charge in [-0.3, -0.25) is 4.98 Å². The third-order valence-electron chi connectivity index (χ3n) is 7.00. The lowest BCUT2D eigenvalue weighted by Gasteiger charge is -2.18. The third-order valence-corrected chi connectivity index (χ3v) is 8.22. The first kappa shape index (κ1) is 21.8. The molecule has 0 N–H and O–H groups in total. The van der Waals surface area contributed by atoms with E-state index in [9.17, 15) is 0 Å². The zero-order valence-corrected chi connectivity index (χ0v) is 21.0. The number of nitrogens with zero attached hydrogens (tertiary/aromatic N) is 1. The number of fused-ring (bicyclic) bond motifs is 3. The fourth-order valence-electron chi connectivity index (χ4n) is 5.27. The van der Waals surface area contributed by atoms with Crippen LogP contribution in [-0.2, 0) is 0 Å². The zero-order valence-electron chi connectivity index (χ0n) is 20.1. The van der Waals surface area contributed by atoms with Crippen molar-refractivity contribution in [3.63, 3.8) is 0 Å². The highest BCUT2D eigenvalue weighted by Gasteiger charge is 2.17. The smallest absolute Gasteiger partial charge is 0.0353 e. The number of rotatable bonds is 4. The van der Waals surface area contributed by atoms with E-state index >= 15 is 0 Å². The Morgan fingerprint density at radius 3 is 2.08 bits per heavy atom. The van der Waals surface area contributed by atoms with E-state index in [1.165, 1.54) is 64.4 Å². The minimum atomic E-state index is 1.18. The molecular weight excluding hydrogens is 466 g/mol. The highest BCUT2D eigenvalue weighted by atomic mass is 32.2. The lowest BCUT2D eigenvalue weighted by atomic mass is 9.92. The summed E-state index contributed by atoms with van der Waals surface area (Å²) in [6, 6.07) is 45.6. The van der Waals surface area contributed by atoms with Crippen LogP contribution in [0.25, 0.3) is 54.6 Å². The summed E-state index contributed by atoms with van der Waals surface area (Å²) < 4.78 is 0. The number of pyridine rings is 1. The quantitative estimate of drug-likeness (QED) is 0.228. The van der Waals surface area contributed by atoms with Crippen molar-refractivity contribution in [2.24, 2.45) is 0 Å². The van der Waals surface area contributed by atoms with Crippen molar-refractivity contribution in [2.75, 3.05) is 0 Å². The normalized spacial score (nSPS) is 11.4. The summed E-state index contributed by atoms with van der Waals surface area (Å²) in [6.07, 6.45) is 3.94. The molecule has 7 rings (SSSR count). The fraction of sp³-hybridized carbons (Fsp3) is 0. The Balaban J connectivity index is 1.49. The van der Waals surface area contributed by atoms with Crippen LogP contribution in [0, 0.1) is 0 Å². The highest BCUT2D eigenvalue weighted by Crippen LogP contribution is 2.46. The van der Waals surface area contributed by atoms with Gasteiger partial charge in [0.2, 0.25) is 0 Å². The Hall–Kier alpha value is -4.40. The van der Waals surface area contributed by atoms with Gasteiger partial charge in [-0.1, -0.05) is 121 Å². The highest BCUT2D eigenvalue weighted by molar-refractivity contribution is 8.00. The molecule has 0 atom stereocenters. The number of benzene rings is 6. The van der Waals surface area contributed by atoms with Gasteiger partial charge in [0, 0.05) is 27.6 Å². The summed E-state index contributed by atoms with van der Waals surface area (Å²) >= 11 is 1.85. The van der Waals surface area contributed by atoms with Crippen molar-refractivity contribution in [1.82, 2.24) is 4.98 Å². The summed E-state index contributed by atoms with van der Waals surface area (Å²) in [7, 11) is 0. The van der Waals surface area contributed by atoms with Gasteiger partial charge in [-0.15, -0.1) is 0 Å². The molecule has 1 heterocycles. The lowest BCUT2D eigenvalue weighted by Crippen LogP contribution is -1.91. The van der Waals surface area contributed by atoms with Gasteiger partial charge in [-0.25, -0.2) is 0 Å². The maximum absolute atomic E-state index is 4.57. The topological polar surface area (TPSA) is 12.9 Å². The molecule has 1 nitrogen and oxygen atoms in total. The second-order valence-corrected chi connectivity index (χ2v) is 10.2. The molecule has 0 spiro atoms. The van der Waals surface area contributed by atoms with Crippen LogP contribution in [-0.4, -0.2) is 4.98 Å². The second kappa shape index (κ2) is 9.24. The van der Waals surface area contributed by atoms with Crippen LogP contribution in [0.3, 0.4) is 0 Å². The van der Waals surface area contributed by atoms with Gasteiger partial charge in [0.25, 0.3) is 0 Å². The second-order valence-electron chi connectivity index (χ2n) is 9.20. The maximum Gasteiger partial charge on any atom is 0.0353 e. The van der Waals surface area contributed by atoms with Crippen LogP contribution >= 0.6 is 11.8 Å². The molecule has 0 radical (unpaired) electrons. The molecule has 0 saturated carbocycles. The number of hydrogen-bond donors (Lipinski definition) is 0. The van der Waals surface area contributed by atoms with Gasteiger partial charge in [-0.2, -0.15) is 0 Å². The van der Waals surface area contributed by atoms with Crippen LogP contribution in [0.15, 0.2) is 150 Å². The van der Waals surface area contributed by atoms with E-state index in [2.05, 4.69) is 132 Å². The van der Waals surface area contributed by atoms with Crippen molar-refractivity contribution in [1.29, 1.82) is 0 Å². The molecule has 0 saturated heterocycles. The van der Waals surface area contributed by atoms with E-state index in [1.807, 2.05) is 24.2 Å². The van der Waals surface area contributed by atoms with Crippen molar-refractivity contribution in [2.45, 2.75) is 9.79 Å². The van der Waals surface area contributed by atoms with Crippen LogP contribution < -0.4 is 0 Å². The van der Waals surface area contributed by atoms with E-state index in [4.69, 9.17) is 0 Å². The Morgan fingerprint density at radius 1 is 0.486 bits per heavy atom. The molecule has 7 aromatic rings. The molecule has 2 heteroatoms. The molecule has 0 bridgehead atoms. The molecule has 6 aromatic carbocycles. The lowest BCUT2D eigenvalue weighted by molar-refractivity contribution is 1.36. The Bertz CT molecular complexity index is 1850. The predicted octanol–water partition coefficient (Wildman–Crippen LogP) is 10.0. The molecule has 0 aliphatic carbocycles. The van der Waals surface area contributed by atoms with Gasteiger partial charge >= 0.3 is 0 Å². The molecule has 37 heavy (non-hydrogen) atoms. The number of hydrogen-bond acceptors (Lipinski definition) is 2. The largest absolute Gasteiger partial charge is 0.264 e. The summed E-state index contributed by atoms with van der Waals surface area (Å²) in [5.74, 6) is 0. The Labute approximate surface area is 220 Å². The zero-order chi connectivity index (χ0) is 24.6.